The fourth-order valence-corrected chi connectivity index (χ4v) is 2.47. The molecule has 0 amide bonds. The van der Waals surface area contributed by atoms with Gasteiger partial charge in [-0.1, -0.05) is 18.2 Å². The van der Waals surface area contributed by atoms with E-state index in [2.05, 4.69) is 9.73 Å². The largest absolute Gasteiger partial charge is 0.435 e. The maximum Gasteiger partial charge on any atom is 0.387 e. The van der Waals surface area contributed by atoms with E-state index in [1.54, 1.807) is 18.2 Å². The molecule has 0 fully saturated rings. The topological polar surface area (TPSA) is 47.9 Å². The molecule has 0 saturated carbocycles. The quantitative estimate of drug-likeness (QED) is 0.637. The Morgan fingerprint density at radius 3 is 2.64 bits per heavy atom. The molecule has 2 aromatic rings. The summed E-state index contributed by atoms with van der Waals surface area (Å²) >= 11 is 1.42. The van der Waals surface area contributed by atoms with Crippen molar-refractivity contribution in [2.24, 2.45) is 4.99 Å². The molecule has 1 aromatic carbocycles. The van der Waals surface area contributed by atoms with E-state index in [1.165, 1.54) is 29.5 Å². The van der Waals surface area contributed by atoms with Gasteiger partial charge in [0, 0.05) is 0 Å². The molecule has 0 aliphatic carbocycles. The minimum Gasteiger partial charge on any atom is -0.435 e. The van der Waals surface area contributed by atoms with Crippen LogP contribution in [0.4, 0.5) is 8.78 Å². The number of esters is 1. The predicted octanol–water partition coefficient (Wildman–Crippen LogP) is 3.69. The van der Waals surface area contributed by atoms with Crippen LogP contribution < -0.4 is 4.74 Å². The van der Waals surface area contributed by atoms with Gasteiger partial charge in [-0.3, -0.25) is 0 Å². The van der Waals surface area contributed by atoms with E-state index in [0.717, 1.165) is 4.88 Å². The normalized spacial score (nSPS) is 16.0. The number of nitrogens with zero attached hydrogens (tertiary/aromatic N) is 1. The Hall–Kier alpha value is -2.54. The monoisotopic (exact) mass is 321 g/mol. The van der Waals surface area contributed by atoms with Gasteiger partial charge in [0.15, 0.2) is 5.70 Å². The lowest BCUT2D eigenvalue weighted by atomic mass is 10.2. The van der Waals surface area contributed by atoms with E-state index in [-0.39, 0.29) is 17.3 Å². The number of benzene rings is 1. The first-order chi connectivity index (χ1) is 10.6. The van der Waals surface area contributed by atoms with E-state index in [0.29, 0.717) is 5.56 Å². The molecule has 0 atom stereocenters. The second-order valence-corrected chi connectivity index (χ2v) is 5.21. The molecule has 1 aromatic heterocycles. The van der Waals surface area contributed by atoms with Crippen molar-refractivity contribution in [1.82, 2.24) is 0 Å². The average molecular weight is 321 g/mol. The van der Waals surface area contributed by atoms with E-state index in [9.17, 15) is 13.6 Å². The second-order valence-electron chi connectivity index (χ2n) is 4.26. The number of rotatable bonds is 4. The van der Waals surface area contributed by atoms with Gasteiger partial charge in [0.05, 0.1) is 4.88 Å². The maximum absolute atomic E-state index is 12.1. The highest BCUT2D eigenvalue weighted by atomic mass is 32.1. The van der Waals surface area contributed by atoms with Gasteiger partial charge in [-0.05, 0) is 35.2 Å². The molecule has 2 heterocycles. The first-order valence-corrected chi connectivity index (χ1v) is 7.11. The van der Waals surface area contributed by atoms with Crippen LogP contribution in [0, 0.1) is 0 Å². The Bertz CT molecular complexity index is 737. The summed E-state index contributed by atoms with van der Waals surface area (Å²) < 4.78 is 33.5. The fraction of sp³-hybridized carbons (Fsp3) is 0.0667. The van der Waals surface area contributed by atoms with Gasteiger partial charge in [0.2, 0.25) is 5.90 Å². The molecule has 1 aliphatic heterocycles. The summed E-state index contributed by atoms with van der Waals surface area (Å²) in [6.07, 6.45) is 1.52. The molecular formula is C15H9F2NO3S. The Morgan fingerprint density at radius 2 is 2.00 bits per heavy atom. The predicted molar refractivity (Wildman–Crippen MR) is 78.0 cm³/mol. The van der Waals surface area contributed by atoms with Gasteiger partial charge in [0.1, 0.15) is 5.75 Å². The molecule has 1 aliphatic rings. The van der Waals surface area contributed by atoms with Crippen LogP contribution in [0.25, 0.3) is 6.08 Å². The molecule has 0 bridgehead atoms. The number of ether oxygens (including phenoxy) is 2. The summed E-state index contributed by atoms with van der Waals surface area (Å²) in [5, 5.41) is 1.86. The number of halogens is 2. The highest BCUT2D eigenvalue weighted by molar-refractivity contribution is 7.12. The van der Waals surface area contributed by atoms with Gasteiger partial charge in [-0.25, -0.2) is 9.79 Å². The zero-order chi connectivity index (χ0) is 15.5. The van der Waals surface area contributed by atoms with Crippen LogP contribution in [0.2, 0.25) is 0 Å². The van der Waals surface area contributed by atoms with Crippen LogP contribution in [0.1, 0.15) is 10.4 Å². The molecule has 0 saturated heterocycles. The number of aliphatic imine (C=N–C) groups is 1. The molecule has 0 spiro atoms. The maximum atomic E-state index is 12.1. The molecule has 0 unspecified atom stereocenters. The molecule has 0 radical (unpaired) electrons. The number of carbonyl (C=O) groups is 1. The molecule has 0 N–H and O–H groups in total. The number of hydrogen-bond acceptors (Lipinski definition) is 5. The summed E-state index contributed by atoms with van der Waals surface area (Å²) in [5.74, 6) is -0.228. The summed E-state index contributed by atoms with van der Waals surface area (Å²) in [6.45, 7) is -2.87. The SMILES string of the molecule is O=C1OC(c2cccs2)=NC1=Cc1ccc(OC(F)F)cc1. The first kappa shape index (κ1) is 14.4. The summed E-state index contributed by atoms with van der Waals surface area (Å²) in [7, 11) is 0. The van der Waals surface area contributed by atoms with Crippen molar-refractivity contribution in [3.05, 3.63) is 57.9 Å². The van der Waals surface area contributed by atoms with Gasteiger partial charge >= 0.3 is 12.6 Å². The third-order valence-electron chi connectivity index (χ3n) is 2.76. The number of cyclic esters (lactones) is 1. The lowest BCUT2D eigenvalue weighted by Gasteiger charge is -2.03. The molecule has 22 heavy (non-hydrogen) atoms. The fourth-order valence-electron chi connectivity index (χ4n) is 1.82. The smallest absolute Gasteiger partial charge is 0.387 e. The highest BCUT2D eigenvalue weighted by Crippen LogP contribution is 2.22. The Balaban J connectivity index is 1.81. The van der Waals surface area contributed by atoms with Crippen LogP contribution in [0.5, 0.6) is 5.75 Å². The third-order valence-corrected chi connectivity index (χ3v) is 3.62. The zero-order valence-corrected chi connectivity index (χ0v) is 11.8. The molecule has 4 nitrogen and oxygen atoms in total. The third kappa shape index (κ3) is 3.20. The molecule has 3 rings (SSSR count). The minimum atomic E-state index is -2.87. The van der Waals surface area contributed by atoms with Gasteiger partial charge in [0.25, 0.3) is 0 Å². The Morgan fingerprint density at radius 1 is 1.23 bits per heavy atom. The van der Waals surface area contributed by atoms with Crippen molar-refractivity contribution in [3.63, 3.8) is 0 Å². The average Bonchev–Trinajstić information content (AvgIpc) is 3.11. The standard InChI is InChI=1S/C15H9F2NO3S/c16-15(17)20-10-5-3-9(4-6-10)8-11-14(19)21-13(18-11)12-2-1-7-22-12/h1-8,15H. The van der Waals surface area contributed by atoms with Crippen molar-refractivity contribution < 1.29 is 23.0 Å². The van der Waals surface area contributed by atoms with Crippen molar-refractivity contribution >= 4 is 29.3 Å². The van der Waals surface area contributed by atoms with E-state index >= 15 is 0 Å². The van der Waals surface area contributed by atoms with Crippen molar-refractivity contribution in [1.29, 1.82) is 0 Å². The van der Waals surface area contributed by atoms with Crippen molar-refractivity contribution in [3.8, 4) is 5.75 Å². The summed E-state index contributed by atoms with van der Waals surface area (Å²) in [4.78, 5) is 16.7. The first-order valence-electron chi connectivity index (χ1n) is 6.23. The molecular weight excluding hydrogens is 312 g/mol. The van der Waals surface area contributed by atoms with Gasteiger partial charge in [-0.2, -0.15) is 8.78 Å². The van der Waals surface area contributed by atoms with Crippen LogP contribution in [-0.4, -0.2) is 18.5 Å². The van der Waals surface area contributed by atoms with Crippen LogP contribution in [-0.2, 0) is 9.53 Å². The second kappa shape index (κ2) is 6.07. The van der Waals surface area contributed by atoms with Gasteiger partial charge < -0.3 is 9.47 Å². The Kier molecular flexibility index (Phi) is 3.97. The van der Waals surface area contributed by atoms with Crippen LogP contribution >= 0.6 is 11.3 Å². The van der Waals surface area contributed by atoms with E-state index in [1.807, 2.05) is 11.4 Å². The molecule has 7 heteroatoms. The number of thiophene rings is 1. The van der Waals surface area contributed by atoms with Crippen molar-refractivity contribution in [2.75, 3.05) is 0 Å². The number of carbonyl (C=O) groups excluding carboxylic acids is 1. The lowest BCUT2D eigenvalue weighted by Crippen LogP contribution is -2.03. The zero-order valence-electron chi connectivity index (χ0n) is 11.0. The summed E-state index contributed by atoms with van der Waals surface area (Å²) in [6, 6.07) is 9.52. The highest BCUT2D eigenvalue weighted by Gasteiger charge is 2.24. The minimum absolute atomic E-state index is 0.0499. The van der Waals surface area contributed by atoms with Gasteiger partial charge in [-0.15, -0.1) is 11.3 Å². The number of alkyl halides is 2. The van der Waals surface area contributed by atoms with Crippen LogP contribution in [0.3, 0.4) is 0 Å². The molecule has 112 valence electrons. The number of hydrogen-bond donors (Lipinski definition) is 0. The van der Waals surface area contributed by atoms with Crippen molar-refractivity contribution in [2.45, 2.75) is 6.61 Å². The Labute approximate surface area is 128 Å². The lowest BCUT2D eigenvalue weighted by molar-refractivity contribution is -0.129. The van der Waals surface area contributed by atoms with E-state index in [4.69, 9.17) is 4.74 Å². The van der Waals surface area contributed by atoms with E-state index < -0.39 is 12.6 Å². The van der Waals surface area contributed by atoms with Crippen LogP contribution in [0.15, 0.2) is 52.5 Å². The summed E-state index contributed by atoms with van der Waals surface area (Å²) in [5.41, 5.74) is 0.788.